The first-order valence-electron chi connectivity index (χ1n) is 31.0. The molecule has 0 aliphatic carbocycles. The lowest BCUT2D eigenvalue weighted by molar-refractivity contribution is -0.165. The average Bonchev–Trinajstić information content (AvgIpc) is 1.52. The lowest BCUT2D eigenvalue weighted by Crippen LogP contribution is -2.58. The topological polar surface area (TPSA) is 248 Å². The number of esters is 2. The summed E-state index contributed by atoms with van der Waals surface area (Å²) < 4.78 is 22.9. The number of nitrogens with one attached hydrogen (secondary N) is 2. The van der Waals surface area contributed by atoms with E-state index in [1.807, 2.05) is 56.3 Å². The summed E-state index contributed by atoms with van der Waals surface area (Å²) in [7, 11) is 7.70. The molecule has 3 heterocycles. The number of amides is 7. The van der Waals surface area contributed by atoms with Gasteiger partial charge in [0.15, 0.2) is 11.5 Å². The number of methoxy groups -OCH3 is 2. The maximum atomic E-state index is 15.2. The predicted octanol–water partition coefficient (Wildman–Crippen LogP) is 7.37. The quantitative estimate of drug-likeness (QED) is 0.116. The van der Waals surface area contributed by atoms with Crippen molar-refractivity contribution in [3.8, 4) is 11.5 Å². The Kier molecular flexibility index (Phi) is 24.4. The number of aryl methyl sites for hydroxylation is 1. The minimum Gasteiger partial charge on any atom is -0.493 e. The SMILES string of the molecule is COc1ccc(CCC2OC(=O)C3CCCCN3C(=O)C(=O)C(C)(C)COC(=O)C=CCCN(C)C(=O)C(CC(C)C)N(C)C(=O)C3CCCN3C(=O)C(Cc3ccccc3)N(C)C(=O)C(c3ccccc3)NC(=O)CCC(=O)Nc3cccc2c3)cc1OC. The summed E-state index contributed by atoms with van der Waals surface area (Å²) in [5, 5.41) is 5.70. The molecular weight excluding hydrogens is 1150 g/mol. The Morgan fingerprint density at radius 1 is 0.633 bits per heavy atom. The fourth-order valence-corrected chi connectivity index (χ4v) is 11.6. The van der Waals surface area contributed by atoms with Crippen molar-refractivity contribution >= 4 is 64.8 Å². The maximum absolute atomic E-state index is 15.2. The zero-order chi connectivity index (χ0) is 65.2. The number of fused-ring (bicyclic) bond motifs is 4. The fourth-order valence-electron chi connectivity index (χ4n) is 11.6. The van der Waals surface area contributed by atoms with Gasteiger partial charge in [-0.3, -0.25) is 38.4 Å². The summed E-state index contributed by atoms with van der Waals surface area (Å²) in [5.41, 5.74) is 1.30. The van der Waals surface area contributed by atoms with Gasteiger partial charge in [-0.1, -0.05) is 98.8 Å². The van der Waals surface area contributed by atoms with Crippen molar-refractivity contribution in [3.05, 3.63) is 138 Å². The van der Waals surface area contributed by atoms with Gasteiger partial charge < -0.3 is 54.1 Å². The number of carbonyl (C=O) groups is 10. The van der Waals surface area contributed by atoms with Gasteiger partial charge in [0.2, 0.25) is 41.2 Å². The van der Waals surface area contributed by atoms with Crippen LogP contribution >= 0.6 is 0 Å². The summed E-state index contributed by atoms with van der Waals surface area (Å²) >= 11 is 0. The van der Waals surface area contributed by atoms with Crippen LogP contribution in [0.3, 0.4) is 0 Å². The lowest BCUT2D eigenvalue weighted by Gasteiger charge is -2.37. The molecule has 0 radical (unpaired) electrons. The van der Waals surface area contributed by atoms with Gasteiger partial charge in [0, 0.05) is 71.8 Å². The van der Waals surface area contributed by atoms with Crippen molar-refractivity contribution < 1.29 is 66.9 Å². The summed E-state index contributed by atoms with van der Waals surface area (Å²) in [6.45, 7) is 6.82. The van der Waals surface area contributed by atoms with Crippen LogP contribution in [-0.4, -0.2) is 169 Å². The molecule has 2 N–H and O–H groups in total. The minimum atomic E-state index is -1.51. The molecule has 21 nitrogen and oxygen atoms in total. The van der Waals surface area contributed by atoms with Crippen molar-refractivity contribution in [1.82, 2.24) is 29.8 Å². The van der Waals surface area contributed by atoms with Gasteiger partial charge in [0.05, 0.1) is 19.6 Å². The Bertz CT molecular complexity index is 3240. The Hall–Kier alpha value is -8.88. The van der Waals surface area contributed by atoms with Gasteiger partial charge in [0.25, 0.3) is 5.91 Å². The molecule has 2 fully saturated rings. The molecule has 6 unspecified atom stereocenters. The number of carbonyl (C=O) groups excluding carboxylic acids is 10. The van der Waals surface area contributed by atoms with Crippen LogP contribution in [0.5, 0.6) is 11.5 Å². The highest BCUT2D eigenvalue weighted by Gasteiger charge is 2.45. The molecule has 0 spiro atoms. The number of nitrogens with zero attached hydrogens (tertiary/aromatic N) is 5. The number of ketones is 1. The van der Waals surface area contributed by atoms with Gasteiger partial charge in [0.1, 0.15) is 42.9 Å². The third-order valence-corrected chi connectivity index (χ3v) is 16.9. The Labute approximate surface area is 527 Å². The van der Waals surface area contributed by atoms with E-state index >= 15 is 9.59 Å². The van der Waals surface area contributed by atoms with Crippen LogP contribution in [0.4, 0.5) is 5.69 Å². The highest BCUT2D eigenvalue weighted by atomic mass is 16.5. The second kappa shape index (κ2) is 32.0. The zero-order valence-electron chi connectivity index (χ0n) is 53.3. The highest BCUT2D eigenvalue weighted by Crippen LogP contribution is 2.34. The molecule has 482 valence electrons. The minimum absolute atomic E-state index is 0.0265. The largest absolute Gasteiger partial charge is 0.493 e. The molecule has 90 heavy (non-hydrogen) atoms. The second-order valence-electron chi connectivity index (χ2n) is 24.5. The number of likely N-dealkylation sites (N-methyl/N-ethyl adjacent to an activating group) is 3. The maximum Gasteiger partial charge on any atom is 0.330 e. The van der Waals surface area contributed by atoms with Gasteiger partial charge in [-0.2, -0.15) is 0 Å². The molecule has 2 bridgehead atoms. The van der Waals surface area contributed by atoms with E-state index in [0.717, 1.165) is 11.1 Å². The molecule has 3 aliphatic heterocycles. The van der Waals surface area contributed by atoms with Crippen molar-refractivity contribution in [2.24, 2.45) is 11.3 Å². The van der Waals surface area contributed by atoms with Gasteiger partial charge in [-0.25, -0.2) is 9.59 Å². The van der Waals surface area contributed by atoms with Crippen molar-refractivity contribution in [2.75, 3.05) is 66.9 Å². The summed E-state index contributed by atoms with van der Waals surface area (Å²) in [4.78, 5) is 150. The number of cyclic esters (lactones) is 2. The Morgan fingerprint density at radius 3 is 1.99 bits per heavy atom. The van der Waals surface area contributed by atoms with Crippen LogP contribution in [0.25, 0.3) is 0 Å². The molecule has 6 atom stereocenters. The smallest absolute Gasteiger partial charge is 0.330 e. The summed E-state index contributed by atoms with van der Waals surface area (Å²) in [5.74, 6) is -5.41. The number of Topliss-reactive ketones (excluding diaryl/α,β-unsaturated/α-hetero) is 1. The first-order chi connectivity index (χ1) is 43.0. The average molecular weight is 1240 g/mol. The number of piperidine rings is 1. The standard InChI is InChI=1S/C69H87N7O14/c1-45(2)40-53-63(81)72(5)37-18-17-30-60(79)89-44-69(3,4)62(80)67(85)76-38-19-16-28-52(76)68(86)90-55(33-31-47-32-34-56(87-8)57(42-47)88-9)49-26-20-27-50(43-49)70-58(77)35-36-59(78)71-61(48-24-14-11-15-25-48)66(84)74(7)54(41-46-22-12-10-13-23-46)65(83)75-39-21-29-51(75)64(82)73(53)6/h10-15,17,20,22-27,30,32,34,42-43,45,51-55,61H,16,18-19,21,28-29,31,33,35-41,44H2,1-9H3,(H,70,77)(H,71,78). The van der Waals surface area contributed by atoms with Crippen LogP contribution in [0.2, 0.25) is 0 Å². The van der Waals surface area contributed by atoms with Gasteiger partial charge in [-0.05, 0) is 124 Å². The Balaban J connectivity index is 1.20. The number of hydrogen-bond donors (Lipinski definition) is 2. The molecule has 0 saturated carbocycles. The molecule has 0 aromatic heterocycles. The molecule has 3 aliphatic rings. The van der Waals surface area contributed by atoms with E-state index in [1.54, 1.807) is 74.8 Å². The molecular formula is C69H87N7O14. The third-order valence-electron chi connectivity index (χ3n) is 16.9. The van der Waals surface area contributed by atoms with E-state index < -0.39 is 101 Å². The monoisotopic (exact) mass is 1240 g/mol. The van der Waals surface area contributed by atoms with Crippen molar-refractivity contribution in [2.45, 2.75) is 141 Å². The molecule has 21 heteroatoms. The molecule has 4 aromatic rings. The van der Waals surface area contributed by atoms with Crippen LogP contribution in [0.15, 0.2) is 115 Å². The molecule has 7 amide bonds. The predicted molar refractivity (Wildman–Crippen MR) is 336 cm³/mol. The lowest BCUT2D eigenvalue weighted by atomic mass is 9.87. The van der Waals surface area contributed by atoms with E-state index in [1.165, 1.54) is 71.8 Å². The van der Waals surface area contributed by atoms with Crippen LogP contribution in [0.1, 0.15) is 126 Å². The Morgan fingerprint density at radius 2 is 1.29 bits per heavy atom. The second-order valence-corrected chi connectivity index (χ2v) is 24.5. The van der Waals surface area contributed by atoms with Crippen LogP contribution in [0, 0.1) is 11.3 Å². The summed E-state index contributed by atoms with van der Waals surface area (Å²) in [6.07, 6.45) is 4.37. The van der Waals surface area contributed by atoms with E-state index in [4.69, 9.17) is 18.9 Å². The van der Waals surface area contributed by atoms with Gasteiger partial charge >= 0.3 is 11.9 Å². The number of anilines is 1. The van der Waals surface area contributed by atoms with Crippen molar-refractivity contribution in [3.63, 3.8) is 0 Å². The third kappa shape index (κ3) is 17.9. The normalized spacial score (nSPS) is 23.0. The van der Waals surface area contributed by atoms with Gasteiger partial charge in [-0.15, -0.1) is 0 Å². The van der Waals surface area contributed by atoms with E-state index in [0.29, 0.717) is 66.8 Å². The molecule has 2 saturated heterocycles. The summed E-state index contributed by atoms with van der Waals surface area (Å²) in [6, 6.07) is 24.4. The first-order valence-corrected chi connectivity index (χ1v) is 31.0. The number of rotatable bonds is 10. The van der Waals surface area contributed by atoms with E-state index in [2.05, 4.69) is 10.6 Å². The highest BCUT2D eigenvalue weighted by molar-refractivity contribution is 6.38. The molecule has 4 aromatic carbocycles. The van der Waals surface area contributed by atoms with E-state index in [9.17, 15) is 38.4 Å². The number of hydrogen-bond acceptors (Lipinski definition) is 14. The van der Waals surface area contributed by atoms with Crippen LogP contribution < -0.4 is 20.1 Å². The van der Waals surface area contributed by atoms with Crippen LogP contribution in [-0.2, 0) is 70.3 Å². The number of ether oxygens (including phenoxy) is 4. The number of benzene rings is 4. The van der Waals surface area contributed by atoms with Crippen molar-refractivity contribution in [1.29, 1.82) is 0 Å². The molecule has 7 rings (SSSR count). The van der Waals surface area contributed by atoms with E-state index in [-0.39, 0.29) is 70.0 Å². The fraction of sp³-hybridized carbons (Fsp3) is 0.478. The first kappa shape index (κ1) is 68.6. The zero-order valence-corrected chi connectivity index (χ0v) is 53.3.